The van der Waals surface area contributed by atoms with Gasteiger partial charge in [0.2, 0.25) is 11.8 Å². The summed E-state index contributed by atoms with van der Waals surface area (Å²) in [5.41, 5.74) is 1.12. The van der Waals surface area contributed by atoms with Crippen LogP contribution in [0.4, 0.5) is 5.69 Å². The number of carbonyl (C=O) groups is 2. The normalized spacial score (nSPS) is 21.3. The molecule has 0 radical (unpaired) electrons. The molecule has 9 heteroatoms. The van der Waals surface area contributed by atoms with Crippen LogP contribution in [0.2, 0.25) is 0 Å². The van der Waals surface area contributed by atoms with E-state index in [2.05, 4.69) is 22.3 Å². The zero-order valence-electron chi connectivity index (χ0n) is 24.8. The highest BCUT2D eigenvalue weighted by molar-refractivity contribution is 5.84. The second-order valence-corrected chi connectivity index (χ2v) is 12.4. The number of nitrogens with zero attached hydrogens (tertiary/aromatic N) is 3. The number of nitrogens with one attached hydrogen (secondary N) is 1. The van der Waals surface area contributed by atoms with Crippen LogP contribution in [0.15, 0.2) is 54.6 Å². The van der Waals surface area contributed by atoms with Crippen LogP contribution in [0.3, 0.4) is 0 Å². The van der Waals surface area contributed by atoms with Gasteiger partial charge in [0.25, 0.3) is 5.69 Å². The van der Waals surface area contributed by atoms with Crippen molar-refractivity contribution < 1.29 is 19.2 Å². The number of hydrogen-bond donors (Lipinski definition) is 1. The van der Waals surface area contributed by atoms with E-state index in [0.717, 1.165) is 56.4 Å². The minimum absolute atomic E-state index is 0.0206. The number of nitro benzene ring substituents is 1. The van der Waals surface area contributed by atoms with Gasteiger partial charge in [-0.2, -0.15) is 0 Å². The summed E-state index contributed by atoms with van der Waals surface area (Å²) in [6.45, 7) is 11.4. The van der Waals surface area contributed by atoms with Crippen molar-refractivity contribution in [2.45, 2.75) is 77.4 Å². The third kappa shape index (κ3) is 7.51. The Morgan fingerprint density at radius 3 is 2.27 bits per heavy atom. The summed E-state index contributed by atoms with van der Waals surface area (Å²) in [7, 11) is 0. The Hall–Kier alpha value is -3.30. The third-order valence-electron chi connectivity index (χ3n) is 8.51. The largest absolute Gasteiger partial charge is 0.353 e. The first-order chi connectivity index (χ1) is 19.5. The fourth-order valence-corrected chi connectivity index (χ4v) is 5.94. The van der Waals surface area contributed by atoms with Gasteiger partial charge in [-0.1, -0.05) is 70.2 Å². The van der Waals surface area contributed by atoms with Gasteiger partial charge in [0.15, 0.2) is 0 Å². The molecular weight excluding hydrogens is 520 g/mol. The maximum Gasteiger partial charge on any atom is 0.269 e. The van der Waals surface area contributed by atoms with Gasteiger partial charge >= 0.3 is 0 Å². The van der Waals surface area contributed by atoms with Crippen LogP contribution in [-0.4, -0.2) is 65.5 Å². The summed E-state index contributed by atoms with van der Waals surface area (Å²) in [6, 6.07) is 16.7. The number of amides is 2. The fraction of sp³-hybridized carbons (Fsp3) is 0.562. The number of carbonyl (C=O) groups excluding carboxylic acids is 2. The number of likely N-dealkylation sites (tertiary alicyclic amines) is 1. The van der Waals surface area contributed by atoms with E-state index in [0.29, 0.717) is 19.7 Å². The van der Waals surface area contributed by atoms with Gasteiger partial charge < -0.3 is 19.9 Å². The predicted octanol–water partition coefficient (Wildman–Crippen LogP) is 5.21. The molecule has 0 aliphatic carbocycles. The van der Waals surface area contributed by atoms with Crippen LogP contribution in [-0.2, 0) is 19.9 Å². The highest BCUT2D eigenvalue weighted by atomic mass is 16.6. The monoisotopic (exact) mass is 564 g/mol. The number of rotatable bonds is 9. The second kappa shape index (κ2) is 13.1. The van der Waals surface area contributed by atoms with Gasteiger partial charge in [-0.05, 0) is 43.2 Å². The third-order valence-corrected chi connectivity index (χ3v) is 8.51. The molecule has 4 rings (SSSR count). The molecule has 2 aliphatic heterocycles. The Balaban J connectivity index is 1.31. The molecule has 2 aliphatic rings. The van der Waals surface area contributed by atoms with Crippen molar-refractivity contribution in [1.82, 2.24) is 15.1 Å². The molecule has 9 nitrogen and oxygen atoms in total. The van der Waals surface area contributed by atoms with Crippen molar-refractivity contribution in [3.05, 3.63) is 75.8 Å². The van der Waals surface area contributed by atoms with E-state index < -0.39 is 15.9 Å². The molecule has 0 saturated carbocycles. The zero-order valence-corrected chi connectivity index (χ0v) is 24.8. The molecule has 2 heterocycles. The molecule has 2 aromatic rings. The van der Waals surface area contributed by atoms with Crippen molar-refractivity contribution in [3.8, 4) is 0 Å². The van der Waals surface area contributed by atoms with E-state index in [1.807, 2.05) is 50.8 Å². The molecule has 1 N–H and O–H groups in total. The summed E-state index contributed by atoms with van der Waals surface area (Å²) in [5, 5.41) is 14.2. The zero-order chi connectivity index (χ0) is 29.6. The minimum Gasteiger partial charge on any atom is -0.353 e. The molecule has 0 bridgehead atoms. The standard InChI is InChI=1S/C32H44N4O5/c1-5-28(24-11-13-27(14-12-24)36(39)40)29(37)33-26-15-19-34(20-16-26)21-17-32(25-9-7-6-8-10-25)18-22-35(23-41-32)30(38)31(2,3)4/h6-14,26,28H,5,15-23H2,1-4H3,(H,33,37). The van der Waals surface area contributed by atoms with Gasteiger partial charge in [0.1, 0.15) is 6.73 Å². The number of ether oxygens (including phenoxy) is 1. The smallest absolute Gasteiger partial charge is 0.269 e. The van der Waals surface area contributed by atoms with E-state index in [9.17, 15) is 19.7 Å². The molecule has 2 unspecified atom stereocenters. The van der Waals surface area contributed by atoms with E-state index in [1.165, 1.54) is 12.1 Å². The highest BCUT2D eigenvalue weighted by Crippen LogP contribution is 2.38. The van der Waals surface area contributed by atoms with Crippen molar-refractivity contribution in [3.63, 3.8) is 0 Å². The number of benzene rings is 2. The SMILES string of the molecule is CCC(C(=O)NC1CCN(CCC2(c3ccccc3)CCN(C(=O)C(C)(C)C)CO2)CC1)c1ccc([N+](=O)[O-])cc1. The average Bonchev–Trinajstić information content (AvgIpc) is 2.97. The first kappa shape index (κ1) is 30.7. The lowest BCUT2D eigenvalue weighted by Crippen LogP contribution is -2.51. The van der Waals surface area contributed by atoms with Crippen LogP contribution in [0.25, 0.3) is 0 Å². The topological polar surface area (TPSA) is 105 Å². The summed E-state index contributed by atoms with van der Waals surface area (Å²) < 4.78 is 6.53. The van der Waals surface area contributed by atoms with E-state index in [4.69, 9.17) is 4.74 Å². The number of non-ortho nitro benzene ring substituents is 1. The van der Waals surface area contributed by atoms with E-state index in [-0.39, 0.29) is 29.5 Å². The Morgan fingerprint density at radius 1 is 1.07 bits per heavy atom. The van der Waals surface area contributed by atoms with Crippen molar-refractivity contribution in [2.24, 2.45) is 5.41 Å². The van der Waals surface area contributed by atoms with Crippen LogP contribution < -0.4 is 5.32 Å². The quantitative estimate of drug-likeness (QED) is 0.331. The van der Waals surface area contributed by atoms with Crippen molar-refractivity contribution in [2.75, 3.05) is 32.9 Å². The van der Waals surface area contributed by atoms with Gasteiger partial charge in [0.05, 0.1) is 16.4 Å². The van der Waals surface area contributed by atoms with Gasteiger partial charge in [0, 0.05) is 49.8 Å². The van der Waals surface area contributed by atoms with Crippen LogP contribution in [0, 0.1) is 15.5 Å². The minimum atomic E-state index is -0.436. The van der Waals surface area contributed by atoms with Crippen LogP contribution in [0.5, 0.6) is 0 Å². The summed E-state index contributed by atoms with van der Waals surface area (Å²) in [4.78, 5) is 40.8. The lowest BCUT2D eigenvalue weighted by molar-refractivity contribution is -0.384. The molecule has 2 saturated heterocycles. The van der Waals surface area contributed by atoms with E-state index in [1.54, 1.807) is 12.1 Å². The number of nitro groups is 1. The summed E-state index contributed by atoms with van der Waals surface area (Å²) in [6.07, 6.45) is 3.96. The summed E-state index contributed by atoms with van der Waals surface area (Å²) >= 11 is 0. The molecule has 0 aromatic heterocycles. The van der Waals surface area contributed by atoms with E-state index >= 15 is 0 Å². The highest BCUT2D eigenvalue weighted by Gasteiger charge is 2.40. The Kier molecular flexibility index (Phi) is 9.81. The molecule has 2 fully saturated rings. The molecule has 0 spiro atoms. The number of piperidine rings is 1. The van der Waals surface area contributed by atoms with Gasteiger partial charge in [-0.15, -0.1) is 0 Å². The van der Waals surface area contributed by atoms with Crippen LogP contribution in [0.1, 0.15) is 76.8 Å². The maximum atomic E-state index is 13.1. The molecule has 2 aromatic carbocycles. The van der Waals surface area contributed by atoms with Crippen molar-refractivity contribution in [1.29, 1.82) is 0 Å². The Labute approximate surface area is 243 Å². The first-order valence-electron chi connectivity index (χ1n) is 14.8. The molecule has 41 heavy (non-hydrogen) atoms. The summed E-state index contributed by atoms with van der Waals surface area (Å²) in [5.74, 6) is -0.234. The van der Waals surface area contributed by atoms with Gasteiger partial charge in [-0.25, -0.2) is 0 Å². The average molecular weight is 565 g/mol. The lowest BCUT2D eigenvalue weighted by Gasteiger charge is -2.45. The van der Waals surface area contributed by atoms with Crippen molar-refractivity contribution >= 4 is 17.5 Å². The van der Waals surface area contributed by atoms with Crippen LogP contribution >= 0.6 is 0 Å². The lowest BCUT2D eigenvalue weighted by atomic mass is 9.85. The maximum absolute atomic E-state index is 13.1. The fourth-order valence-electron chi connectivity index (χ4n) is 5.94. The number of hydrogen-bond acceptors (Lipinski definition) is 6. The molecule has 2 atom stereocenters. The Bertz CT molecular complexity index is 1180. The molecule has 222 valence electrons. The molecular formula is C32H44N4O5. The Morgan fingerprint density at radius 2 is 1.73 bits per heavy atom. The molecule has 2 amide bonds. The van der Waals surface area contributed by atoms with Gasteiger partial charge in [-0.3, -0.25) is 19.7 Å². The predicted molar refractivity (Wildman–Crippen MR) is 158 cm³/mol. The first-order valence-corrected chi connectivity index (χ1v) is 14.8. The second-order valence-electron chi connectivity index (χ2n) is 12.4.